The van der Waals surface area contributed by atoms with Crippen molar-refractivity contribution >= 4 is 11.3 Å². The third-order valence-electron chi connectivity index (χ3n) is 3.92. The summed E-state index contributed by atoms with van der Waals surface area (Å²) in [6.45, 7) is 2.28. The summed E-state index contributed by atoms with van der Waals surface area (Å²) in [5.41, 5.74) is 2.43. The molecule has 4 heterocycles. The van der Waals surface area contributed by atoms with Crippen LogP contribution in [0.4, 0.5) is 0 Å². The summed E-state index contributed by atoms with van der Waals surface area (Å²) in [5.74, 6) is 0.593. The van der Waals surface area contributed by atoms with Crippen molar-refractivity contribution in [3.8, 4) is 11.4 Å². The SMILES string of the molecule is O=c1[nH]c(-c2cccnc2)nc2c1CN(Cc1nccs1)CC2. The van der Waals surface area contributed by atoms with E-state index in [1.54, 1.807) is 23.7 Å². The maximum Gasteiger partial charge on any atom is 0.255 e. The van der Waals surface area contributed by atoms with E-state index < -0.39 is 0 Å². The van der Waals surface area contributed by atoms with E-state index in [0.29, 0.717) is 12.4 Å². The summed E-state index contributed by atoms with van der Waals surface area (Å²) in [7, 11) is 0. The molecule has 1 N–H and O–H groups in total. The van der Waals surface area contributed by atoms with Crippen molar-refractivity contribution in [2.75, 3.05) is 6.54 Å². The van der Waals surface area contributed by atoms with Gasteiger partial charge in [-0.25, -0.2) is 9.97 Å². The fraction of sp³-hybridized carbons (Fsp3) is 0.250. The second-order valence-corrected chi connectivity index (χ2v) is 6.45. The quantitative estimate of drug-likeness (QED) is 0.795. The highest BCUT2D eigenvalue weighted by atomic mass is 32.1. The molecular formula is C16H15N5OS. The van der Waals surface area contributed by atoms with Gasteiger partial charge < -0.3 is 4.98 Å². The molecule has 0 aliphatic carbocycles. The summed E-state index contributed by atoms with van der Waals surface area (Å²) in [6, 6.07) is 3.74. The molecule has 3 aromatic rings. The van der Waals surface area contributed by atoms with Gasteiger partial charge in [0.1, 0.15) is 10.8 Å². The van der Waals surface area contributed by atoms with Gasteiger partial charge in [0, 0.05) is 49.0 Å². The summed E-state index contributed by atoms with van der Waals surface area (Å²) in [6.07, 6.45) is 6.00. The second-order valence-electron chi connectivity index (χ2n) is 5.47. The van der Waals surface area contributed by atoms with Crippen LogP contribution in [-0.4, -0.2) is 31.4 Å². The van der Waals surface area contributed by atoms with Gasteiger partial charge in [-0.2, -0.15) is 0 Å². The average Bonchev–Trinajstić information content (AvgIpc) is 3.09. The van der Waals surface area contributed by atoms with Crippen LogP contribution in [0.15, 0.2) is 40.9 Å². The molecule has 4 rings (SSSR count). The van der Waals surface area contributed by atoms with E-state index in [0.717, 1.165) is 41.3 Å². The molecule has 0 unspecified atom stereocenters. The molecule has 0 radical (unpaired) electrons. The van der Waals surface area contributed by atoms with Crippen LogP contribution in [0, 0.1) is 0 Å². The molecule has 0 fully saturated rings. The Hall–Kier alpha value is -2.38. The molecule has 116 valence electrons. The van der Waals surface area contributed by atoms with Gasteiger partial charge in [0.25, 0.3) is 5.56 Å². The number of hydrogen-bond acceptors (Lipinski definition) is 6. The molecule has 23 heavy (non-hydrogen) atoms. The van der Waals surface area contributed by atoms with Gasteiger partial charge >= 0.3 is 0 Å². The lowest BCUT2D eigenvalue weighted by Gasteiger charge is -2.26. The van der Waals surface area contributed by atoms with Crippen LogP contribution in [0.3, 0.4) is 0 Å². The number of H-pyrrole nitrogens is 1. The minimum Gasteiger partial charge on any atom is -0.306 e. The molecule has 0 atom stereocenters. The van der Waals surface area contributed by atoms with Crippen molar-refractivity contribution in [1.29, 1.82) is 0 Å². The fourth-order valence-corrected chi connectivity index (χ4v) is 3.44. The summed E-state index contributed by atoms with van der Waals surface area (Å²) >= 11 is 1.64. The Morgan fingerprint density at radius 3 is 3.09 bits per heavy atom. The molecule has 1 aliphatic rings. The molecule has 0 saturated carbocycles. The number of nitrogens with zero attached hydrogens (tertiary/aromatic N) is 4. The van der Waals surface area contributed by atoms with Gasteiger partial charge in [-0.1, -0.05) is 0 Å². The Bertz CT molecular complexity index is 860. The lowest BCUT2D eigenvalue weighted by molar-refractivity contribution is 0.241. The van der Waals surface area contributed by atoms with Crippen molar-refractivity contribution in [3.63, 3.8) is 0 Å². The fourth-order valence-electron chi connectivity index (χ4n) is 2.78. The van der Waals surface area contributed by atoms with Crippen LogP contribution in [0.1, 0.15) is 16.3 Å². The van der Waals surface area contributed by atoms with Crippen LogP contribution < -0.4 is 5.56 Å². The first-order valence-corrected chi connectivity index (χ1v) is 8.31. The molecule has 3 aromatic heterocycles. The average molecular weight is 325 g/mol. The predicted molar refractivity (Wildman–Crippen MR) is 88.0 cm³/mol. The van der Waals surface area contributed by atoms with Crippen LogP contribution in [-0.2, 0) is 19.5 Å². The summed E-state index contributed by atoms with van der Waals surface area (Å²) in [4.78, 5) is 30.6. The normalized spacial score (nSPS) is 14.6. The number of fused-ring (bicyclic) bond motifs is 1. The van der Waals surface area contributed by atoms with E-state index in [9.17, 15) is 4.79 Å². The highest BCUT2D eigenvalue weighted by Gasteiger charge is 2.22. The summed E-state index contributed by atoms with van der Waals surface area (Å²) in [5, 5.41) is 3.05. The Labute approximate surface area is 136 Å². The molecule has 0 bridgehead atoms. The van der Waals surface area contributed by atoms with E-state index in [4.69, 9.17) is 0 Å². The minimum absolute atomic E-state index is 0.0577. The number of aromatic nitrogens is 4. The predicted octanol–water partition coefficient (Wildman–Crippen LogP) is 1.85. The van der Waals surface area contributed by atoms with Crippen LogP contribution in [0.5, 0.6) is 0 Å². The number of hydrogen-bond donors (Lipinski definition) is 1. The number of nitrogens with one attached hydrogen (secondary N) is 1. The third-order valence-corrected chi connectivity index (χ3v) is 4.69. The molecule has 0 saturated heterocycles. The molecule has 0 amide bonds. The number of rotatable bonds is 3. The van der Waals surface area contributed by atoms with Gasteiger partial charge in [0.15, 0.2) is 0 Å². The molecule has 7 heteroatoms. The maximum absolute atomic E-state index is 12.5. The third kappa shape index (κ3) is 2.93. The Morgan fingerprint density at radius 1 is 1.35 bits per heavy atom. The molecule has 0 spiro atoms. The summed E-state index contributed by atoms with van der Waals surface area (Å²) < 4.78 is 0. The highest BCUT2D eigenvalue weighted by Crippen LogP contribution is 2.19. The monoisotopic (exact) mass is 325 g/mol. The first-order valence-electron chi connectivity index (χ1n) is 7.43. The lowest BCUT2D eigenvalue weighted by atomic mass is 10.1. The first-order chi connectivity index (χ1) is 11.3. The highest BCUT2D eigenvalue weighted by molar-refractivity contribution is 7.09. The van der Waals surface area contributed by atoms with E-state index in [1.807, 2.05) is 23.7 Å². The lowest BCUT2D eigenvalue weighted by Crippen LogP contribution is -2.35. The largest absolute Gasteiger partial charge is 0.306 e. The zero-order valence-electron chi connectivity index (χ0n) is 12.4. The van der Waals surface area contributed by atoms with Gasteiger partial charge in [-0.05, 0) is 12.1 Å². The topological polar surface area (TPSA) is 74.8 Å². The van der Waals surface area contributed by atoms with Gasteiger partial charge in [-0.15, -0.1) is 11.3 Å². The van der Waals surface area contributed by atoms with E-state index in [2.05, 4.69) is 24.8 Å². The number of pyridine rings is 1. The van der Waals surface area contributed by atoms with Crippen molar-refractivity contribution in [2.45, 2.75) is 19.5 Å². The maximum atomic E-state index is 12.5. The zero-order valence-corrected chi connectivity index (χ0v) is 13.2. The Morgan fingerprint density at radius 2 is 2.30 bits per heavy atom. The van der Waals surface area contributed by atoms with Crippen LogP contribution in [0.25, 0.3) is 11.4 Å². The second kappa shape index (κ2) is 6.02. The zero-order chi connectivity index (χ0) is 15.6. The standard InChI is InChI=1S/C16H15N5OS/c22-16-12-9-21(10-14-18-5-7-23-14)6-3-13(12)19-15(20-16)11-2-1-4-17-8-11/h1-2,4-5,7-8H,3,6,9-10H2,(H,19,20,22). The Balaban J connectivity index is 1.62. The number of aromatic amines is 1. The van der Waals surface area contributed by atoms with E-state index in [1.165, 1.54) is 0 Å². The van der Waals surface area contributed by atoms with Crippen molar-refractivity contribution in [1.82, 2.24) is 24.8 Å². The number of thiazole rings is 1. The van der Waals surface area contributed by atoms with Crippen LogP contribution in [0.2, 0.25) is 0 Å². The van der Waals surface area contributed by atoms with Gasteiger partial charge in [0.05, 0.1) is 17.8 Å². The van der Waals surface area contributed by atoms with E-state index in [-0.39, 0.29) is 5.56 Å². The molecule has 0 aromatic carbocycles. The molecule has 6 nitrogen and oxygen atoms in total. The molecular weight excluding hydrogens is 310 g/mol. The van der Waals surface area contributed by atoms with Crippen molar-refractivity contribution < 1.29 is 0 Å². The first kappa shape index (κ1) is 14.2. The van der Waals surface area contributed by atoms with Gasteiger partial charge in [-0.3, -0.25) is 14.7 Å². The molecule has 1 aliphatic heterocycles. The van der Waals surface area contributed by atoms with Gasteiger partial charge in [0.2, 0.25) is 0 Å². The van der Waals surface area contributed by atoms with Crippen LogP contribution >= 0.6 is 11.3 Å². The Kier molecular flexibility index (Phi) is 3.72. The van der Waals surface area contributed by atoms with Crippen molar-refractivity contribution in [2.24, 2.45) is 0 Å². The van der Waals surface area contributed by atoms with E-state index >= 15 is 0 Å². The minimum atomic E-state index is -0.0577. The van der Waals surface area contributed by atoms with Crippen molar-refractivity contribution in [3.05, 3.63) is 62.7 Å². The smallest absolute Gasteiger partial charge is 0.255 e.